The van der Waals surface area contributed by atoms with Crippen molar-refractivity contribution < 1.29 is 19.4 Å². The Bertz CT molecular complexity index is 663. The number of hydrogen-bond donors (Lipinski definition) is 1. The van der Waals surface area contributed by atoms with Crippen LogP contribution in [0.15, 0.2) is 24.3 Å². The Morgan fingerprint density at radius 1 is 1.15 bits per heavy atom. The fourth-order valence-electron chi connectivity index (χ4n) is 5.17. The van der Waals surface area contributed by atoms with Crippen LogP contribution in [0.4, 0.5) is 5.69 Å². The number of piperazine rings is 1. The van der Waals surface area contributed by atoms with Crippen LogP contribution in [-0.2, 0) is 9.53 Å². The average molecular weight is 374 g/mol. The summed E-state index contributed by atoms with van der Waals surface area (Å²) in [7, 11) is 1.67. The minimum atomic E-state index is -0.353. The number of aliphatic hydroxyl groups excluding tert-OH is 1. The second-order valence-corrected chi connectivity index (χ2v) is 8.10. The van der Waals surface area contributed by atoms with Crippen molar-refractivity contribution in [2.75, 3.05) is 58.0 Å². The van der Waals surface area contributed by atoms with E-state index in [1.165, 1.54) is 5.69 Å². The summed E-state index contributed by atoms with van der Waals surface area (Å²) in [6, 6.07) is 8.09. The Kier molecular flexibility index (Phi) is 5.03. The van der Waals surface area contributed by atoms with E-state index in [2.05, 4.69) is 17.0 Å². The standard InChI is InChI=1S/C21H30N2O4/c1-26-18-4-2-17(3-5-18)22-9-11-23(12-10-22)19(25)21(6-13-24)16-20(21)7-14-27-15-8-20/h2-5,24H,6-16H2,1H3. The Morgan fingerprint density at radius 3 is 2.41 bits per heavy atom. The summed E-state index contributed by atoms with van der Waals surface area (Å²) in [5.74, 6) is 1.11. The van der Waals surface area contributed by atoms with Gasteiger partial charge in [0.1, 0.15) is 5.75 Å². The number of aliphatic hydroxyl groups is 1. The Morgan fingerprint density at radius 2 is 1.81 bits per heavy atom. The van der Waals surface area contributed by atoms with Gasteiger partial charge in [-0.2, -0.15) is 0 Å². The molecule has 1 aliphatic carbocycles. The lowest BCUT2D eigenvalue weighted by atomic mass is 9.83. The van der Waals surface area contributed by atoms with Crippen LogP contribution in [0.25, 0.3) is 0 Å². The van der Waals surface area contributed by atoms with E-state index in [0.717, 1.165) is 64.4 Å². The van der Waals surface area contributed by atoms with Crippen LogP contribution >= 0.6 is 0 Å². The van der Waals surface area contributed by atoms with Gasteiger partial charge in [0.05, 0.1) is 12.5 Å². The Balaban J connectivity index is 1.40. The van der Waals surface area contributed by atoms with Crippen molar-refractivity contribution in [3.05, 3.63) is 24.3 Å². The Hall–Kier alpha value is -1.79. The highest BCUT2D eigenvalue weighted by Gasteiger charge is 2.71. The number of carbonyl (C=O) groups is 1. The lowest BCUT2D eigenvalue weighted by molar-refractivity contribution is -0.140. The lowest BCUT2D eigenvalue weighted by Crippen LogP contribution is -2.52. The number of amides is 1. The SMILES string of the molecule is COc1ccc(N2CCN(C(=O)C3(CCO)CC34CCOCC4)CC2)cc1. The number of rotatable bonds is 5. The van der Waals surface area contributed by atoms with Crippen molar-refractivity contribution in [2.24, 2.45) is 10.8 Å². The maximum atomic E-state index is 13.4. The maximum Gasteiger partial charge on any atom is 0.229 e. The molecule has 6 nitrogen and oxygen atoms in total. The largest absolute Gasteiger partial charge is 0.497 e. The molecule has 2 heterocycles. The lowest BCUT2D eigenvalue weighted by Gasteiger charge is -2.39. The van der Waals surface area contributed by atoms with E-state index in [-0.39, 0.29) is 23.3 Å². The molecule has 2 saturated heterocycles. The van der Waals surface area contributed by atoms with E-state index in [0.29, 0.717) is 6.42 Å². The van der Waals surface area contributed by atoms with Crippen LogP contribution in [0.1, 0.15) is 25.7 Å². The zero-order chi connectivity index (χ0) is 18.9. The molecule has 27 heavy (non-hydrogen) atoms. The van der Waals surface area contributed by atoms with Gasteiger partial charge >= 0.3 is 0 Å². The summed E-state index contributed by atoms with van der Waals surface area (Å²) in [5, 5.41) is 9.62. The predicted molar refractivity (Wildman–Crippen MR) is 103 cm³/mol. The molecule has 0 aromatic heterocycles. The van der Waals surface area contributed by atoms with Crippen LogP contribution in [0.3, 0.4) is 0 Å². The molecule has 1 unspecified atom stereocenters. The Labute approximate surface area is 161 Å². The first-order valence-corrected chi connectivity index (χ1v) is 10.0. The molecule has 4 rings (SSSR count). The zero-order valence-electron chi connectivity index (χ0n) is 16.2. The van der Waals surface area contributed by atoms with Crippen LogP contribution < -0.4 is 9.64 Å². The monoisotopic (exact) mass is 374 g/mol. The van der Waals surface area contributed by atoms with Gasteiger partial charge in [-0.3, -0.25) is 4.79 Å². The number of carbonyl (C=O) groups excluding carboxylic acids is 1. The molecular formula is C21H30N2O4. The molecule has 148 valence electrons. The third-order valence-electron chi connectivity index (χ3n) is 6.93. The van der Waals surface area contributed by atoms with Crippen molar-refractivity contribution >= 4 is 11.6 Å². The summed E-state index contributed by atoms with van der Waals surface area (Å²) in [5.41, 5.74) is 0.881. The van der Waals surface area contributed by atoms with Gasteiger partial charge in [-0.25, -0.2) is 0 Å². The molecule has 0 bridgehead atoms. The molecule has 3 fully saturated rings. The second-order valence-electron chi connectivity index (χ2n) is 8.10. The smallest absolute Gasteiger partial charge is 0.229 e. The molecule has 1 aromatic carbocycles. The molecule has 1 amide bonds. The summed E-state index contributed by atoms with van der Waals surface area (Å²) in [6.07, 6.45) is 3.40. The predicted octanol–water partition coefficient (Wildman–Crippen LogP) is 1.91. The van der Waals surface area contributed by atoms with Gasteiger partial charge in [-0.15, -0.1) is 0 Å². The van der Waals surface area contributed by atoms with Crippen molar-refractivity contribution in [2.45, 2.75) is 25.7 Å². The molecule has 1 spiro atoms. The van der Waals surface area contributed by atoms with Gasteiger partial charge in [-0.05, 0) is 55.4 Å². The fraction of sp³-hybridized carbons (Fsp3) is 0.667. The molecule has 1 aromatic rings. The minimum absolute atomic E-state index is 0.0676. The maximum absolute atomic E-state index is 13.4. The van der Waals surface area contributed by atoms with Gasteiger partial charge in [-0.1, -0.05) is 0 Å². The van der Waals surface area contributed by atoms with Gasteiger partial charge in [0.25, 0.3) is 0 Å². The van der Waals surface area contributed by atoms with Crippen LogP contribution in [0.5, 0.6) is 5.75 Å². The number of ether oxygens (including phenoxy) is 2. The normalized spacial score (nSPS) is 26.9. The molecule has 3 aliphatic rings. The van der Waals surface area contributed by atoms with E-state index < -0.39 is 0 Å². The third-order valence-corrected chi connectivity index (χ3v) is 6.93. The minimum Gasteiger partial charge on any atom is -0.497 e. The number of anilines is 1. The fourth-order valence-corrected chi connectivity index (χ4v) is 5.17. The number of methoxy groups -OCH3 is 1. The summed E-state index contributed by atoms with van der Waals surface area (Å²) in [4.78, 5) is 17.8. The first-order chi connectivity index (χ1) is 13.1. The topological polar surface area (TPSA) is 62.2 Å². The molecule has 1 N–H and O–H groups in total. The van der Waals surface area contributed by atoms with E-state index in [4.69, 9.17) is 9.47 Å². The molecule has 0 radical (unpaired) electrons. The van der Waals surface area contributed by atoms with E-state index in [9.17, 15) is 9.90 Å². The van der Waals surface area contributed by atoms with Crippen LogP contribution in [0, 0.1) is 10.8 Å². The van der Waals surface area contributed by atoms with Crippen molar-refractivity contribution in [1.82, 2.24) is 4.90 Å². The first-order valence-electron chi connectivity index (χ1n) is 10.0. The molecule has 2 aliphatic heterocycles. The quantitative estimate of drug-likeness (QED) is 0.853. The second kappa shape index (κ2) is 7.32. The highest BCUT2D eigenvalue weighted by molar-refractivity contribution is 5.87. The van der Waals surface area contributed by atoms with Crippen LogP contribution in [-0.4, -0.2) is 69.0 Å². The van der Waals surface area contributed by atoms with E-state index >= 15 is 0 Å². The van der Waals surface area contributed by atoms with Crippen molar-refractivity contribution in [1.29, 1.82) is 0 Å². The number of benzene rings is 1. The van der Waals surface area contributed by atoms with E-state index in [1.54, 1.807) is 7.11 Å². The number of hydrogen-bond acceptors (Lipinski definition) is 5. The summed E-state index contributed by atoms with van der Waals surface area (Å²) in [6.45, 7) is 4.72. The molecular weight excluding hydrogens is 344 g/mol. The van der Waals surface area contributed by atoms with Gasteiger partial charge in [0.15, 0.2) is 0 Å². The van der Waals surface area contributed by atoms with Crippen molar-refractivity contribution in [3.8, 4) is 5.75 Å². The highest BCUT2D eigenvalue weighted by Crippen LogP contribution is 2.71. The zero-order valence-corrected chi connectivity index (χ0v) is 16.2. The number of nitrogens with zero attached hydrogens (tertiary/aromatic N) is 2. The third kappa shape index (κ3) is 3.19. The first kappa shape index (κ1) is 18.6. The van der Waals surface area contributed by atoms with Crippen LogP contribution in [0.2, 0.25) is 0 Å². The van der Waals surface area contributed by atoms with Gasteiger partial charge in [0, 0.05) is 51.7 Å². The summed E-state index contributed by atoms with van der Waals surface area (Å²) >= 11 is 0. The molecule has 1 saturated carbocycles. The van der Waals surface area contributed by atoms with Gasteiger partial charge in [0.2, 0.25) is 5.91 Å². The average Bonchev–Trinajstić information content (AvgIpc) is 3.34. The molecule has 6 heteroatoms. The summed E-state index contributed by atoms with van der Waals surface area (Å²) < 4.78 is 10.7. The van der Waals surface area contributed by atoms with E-state index in [1.807, 2.05) is 17.0 Å². The highest BCUT2D eigenvalue weighted by atomic mass is 16.5. The van der Waals surface area contributed by atoms with Crippen molar-refractivity contribution in [3.63, 3.8) is 0 Å². The van der Waals surface area contributed by atoms with Gasteiger partial charge < -0.3 is 24.4 Å². The molecule has 1 atom stereocenters.